The molecule has 0 unspecified atom stereocenters. The van der Waals surface area contributed by atoms with E-state index >= 15 is 0 Å². The van der Waals surface area contributed by atoms with Crippen molar-refractivity contribution < 1.29 is 23.1 Å². The number of carbonyl (C=O) groups is 1. The third-order valence-electron chi connectivity index (χ3n) is 4.13. The van der Waals surface area contributed by atoms with Crippen molar-refractivity contribution in [3.63, 3.8) is 0 Å². The van der Waals surface area contributed by atoms with Gasteiger partial charge in [-0.3, -0.25) is 9.78 Å². The lowest BCUT2D eigenvalue weighted by atomic mass is 10.1. The number of rotatable bonds is 4. The molecule has 2 aromatic heterocycles. The first-order chi connectivity index (χ1) is 13.7. The van der Waals surface area contributed by atoms with Gasteiger partial charge in [0.2, 0.25) is 0 Å². The molecule has 0 atom stereocenters. The molecule has 3 rings (SSSR count). The molecule has 2 N–H and O–H groups in total. The van der Waals surface area contributed by atoms with Crippen molar-refractivity contribution in [2.24, 2.45) is 0 Å². The number of aryl methyl sites for hydroxylation is 1. The van der Waals surface area contributed by atoms with Crippen LogP contribution in [0.5, 0.6) is 0 Å². The molecule has 0 saturated heterocycles. The molecule has 1 amide bonds. The lowest BCUT2D eigenvalue weighted by Gasteiger charge is -2.12. The van der Waals surface area contributed by atoms with Crippen molar-refractivity contribution in [2.45, 2.75) is 19.7 Å². The van der Waals surface area contributed by atoms with E-state index in [-0.39, 0.29) is 17.9 Å². The molecular weight excluding hydrogens is 407 g/mol. The zero-order valence-corrected chi connectivity index (χ0v) is 15.8. The summed E-state index contributed by atoms with van der Waals surface area (Å²) in [7, 11) is 0. The maximum absolute atomic E-state index is 12.7. The van der Waals surface area contributed by atoms with E-state index in [0.29, 0.717) is 27.5 Å². The number of anilines is 1. The number of benzene rings is 1. The third kappa shape index (κ3) is 4.72. The molecule has 9 heteroatoms. The van der Waals surface area contributed by atoms with Gasteiger partial charge in [0.25, 0.3) is 5.91 Å². The number of hydrogen-bond donors (Lipinski definition) is 2. The van der Waals surface area contributed by atoms with Crippen molar-refractivity contribution in [1.82, 2.24) is 9.97 Å². The molecule has 0 bridgehead atoms. The first kappa shape index (κ1) is 20.8. The van der Waals surface area contributed by atoms with Gasteiger partial charge >= 0.3 is 6.18 Å². The highest BCUT2D eigenvalue weighted by Gasteiger charge is 2.33. The molecule has 5 nitrogen and oxygen atoms in total. The standard InChI is InChI=1S/C20H15ClF3N3O2/c1-11-14(3-5-18(26-11)20(22,23)24)19(29)27-13-2-4-16(21)15(9-13)17-8-12(10-28)6-7-25-17/h2-9,28H,10H2,1H3,(H,27,29). The maximum atomic E-state index is 12.7. The van der Waals surface area contributed by atoms with Crippen LogP contribution in [0, 0.1) is 6.92 Å². The number of pyridine rings is 2. The Morgan fingerprint density at radius 3 is 2.59 bits per heavy atom. The van der Waals surface area contributed by atoms with Crippen LogP contribution < -0.4 is 5.32 Å². The molecular formula is C20H15ClF3N3O2. The average Bonchev–Trinajstić information content (AvgIpc) is 2.68. The summed E-state index contributed by atoms with van der Waals surface area (Å²) < 4.78 is 38.2. The van der Waals surface area contributed by atoms with Crippen molar-refractivity contribution in [2.75, 3.05) is 5.32 Å². The molecule has 0 saturated carbocycles. The lowest BCUT2D eigenvalue weighted by molar-refractivity contribution is -0.141. The zero-order valence-electron chi connectivity index (χ0n) is 15.1. The zero-order chi connectivity index (χ0) is 21.2. The number of amides is 1. The Kier molecular flexibility index (Phi) is 5.86. The number of nitrogens with zero attached hydrogens (tertiary/aromatic N) is 2. The Morgan fingerprint density at radius 1 is 1.17 bits per heavy atom. The molecule has 29 heavy (non-hydrogen) atoms. The lowest BCUT2D eigenvalue weighted by Crippen LogP contribution is -2.16. The van der Waals surface area contributed by atoms with Crippen LogP contribution in [0.4, 0.5) is 18.9 Å². The number of halogens is 4. The molecule has 150 valence electrons. The molecule has 0 aliphatic heterocycles. The van der Waals surface area contributed by atoms with Gasteiger partial charge in [0.1, 0.15) is 5.69 Å². The van der Waals surface area contributed by atoms with Crippen LogP contribution in [0.15, 0.2) is 48.7 Å². The number of aliphatic hydroxyl groups is 1. The number of aliphatic hydroxyl groups excluding tert-OH is 1. The molecule has 0 fully saturated rings. The van der Waals surface area contributed by atoms with Crippen molar-refractivity contribution in [1.29, 1.82) is 0 Å². The minimum Gasteiger partial charge on any atom is -0.392 e. The SMILES string of the molecule is Cc1nc(C(F)(F)F)ccc1C(=O)Nc1ccc(Cl)c(-c2cc(CO)ccn2)c1. The first-order valence-electron chi connectivity index (χ1n) is 8.41. The molecule has 0 radical (unpaired) electrons. The highest BCUT2D eigenvalue weighted by Crippen LogP contribution is 2.31. The second-order valence-corrected chi connectivity index (χ2v) is 6.59. The van der Waals surface area contributed by atoms with Crippen LogP contribution >= 0.6 is 11.6 Å². The molecule has 3 aromatic rings. The van der Waals surface area contributed by atoms with E-state index in [2.05, 4.69) is 15.3 Å². The van der Waals surface area contributed by atoms with Gasteiger partial charge in [-0.15, -0.1) is 0 Å². The van der Waals surface area contributed by atoms with Crippen molar-refractivity contribution in [3.05, 3.63) is 76.2 Å². The molecule has 1 aromatic carbocycles. The van der Waals surface area contributed by atoms with E-state index in [9.17, 15) is 23.1 Å². The van der Waals surface area contributed by atoms with Crippen LogP contribution in [-0.4, -0.2) is 21.0 Å². The number of aromatic nitrogens is 2. The number of alkyl halides is 3. The summed E-state index contributed by atoms with van der Waals surface area (Å²) in [6.45, 7) is 1.17. The minimum atomic E-state index is -4.58. The average molecular weight is 422 g/mol. The van der Waals surface area contributed by atoms with Crippen LogP contribution in [-0.2, 0) is 12.8 Å². The molecule has 2 heterocycles. The monoisotopic (exact) mass is 421 g/mol. The molecule has 0 spiro atoms. The smallest absolute Gasteiger partial charge is 0.392 e. The summed E-state index contributed by atoms with van der Waals surface area (Å²) >= 11 is 6.23. The van der Waals surface area contributed by atoms with Gasteiger partial charge in [0.15, 0.2) is 0 Å². The summed E-state index contributed by atoms with van der Waals surface area (Å²) in [5, 5.41) is 12.3. The first-order valence-corrected chi connectivity index (χ1v) is 8.78. The van der Waals surface area contributed by atoms with Crippen LogP contribution in [0.2, 0.25) is 5.02 Å². The van der Waals surface area contributed by atoms with Crippen LogP contribution in [0.3, 0.4) is 0 Å². The highest BCUT2D eigenvalue weighted by atomic mass is 35.5. The van der Waals surface area contributed by atoms with Gasteiger partial charge in [-0.2, -0.15) is 13.2 Å². The van der Waals surface area contributed by atoms with Crippen molar-refractivity contribution in [3.8, 4) is 11.3 Å². The van der Waals surface area contributed by atoms with E-state index in [1.807, 2.05) is 0 Å². The summed E-state index contributed by atoms with van der Waals surface area (Å²) in [5.41, 5.74) is 0.984. The fourth-order valence-electron chi connectivity index (χ4n) is 2.68. The molecule has 0 aliphatic rings. The van der Waals surface area contributed by atoms with Gasteiger partial charge < -0.3 is 10.4 Å². The van der Waals surface area contributed by atoms with Crippen molar-refractivity contribution >= 4 is 23.2 Å². The van der Waals surface area contributed by atoms with Gasteiger partial charge in [0, 0.05) is 17.4 Å². The normalized spacial score (nSPS) is 11.4. The number of nitrogens with one attached hydrogen (secondary N) is 1. The summed E-state index contributed by atoms with van der Waals surface area (Å²) in [4.78, 5) is 20.2. The van der Waals surface area contributed by atoms with E-state index in [1.54, 1.807) is 30.3 Å². The van der Waals surface area contributed by atoms with Gasteiger partial charge in [-0.05, 0) is 55.0 Å². The summed E-state index contributed by atoms with van der Waals surface area (Å²) in [5.74, 6) is -0.603. The number of hydrogen-bond acceptors (Lipinski definition) is 4. The fraction of sp³-hybridized carbons (Fsp3) is 0.150. The largest absolute Gasteiger partial charge is 0.433 e. The van der Waals surface area contributed by atoms with Gasteiger partial charge in [-0.25, -0.2) is 4.98 Å². The minimum absolute atomic E-state index is 0.0231. The summed E-state index contributed by atoms with van der Waals surface area (Å²) in [6, 6.07) is 9.89. The summed E-state index contributed by atoms with van der Waals surface area (Å²) in [6.07, 6.45) is -3.05. The van der Waals surface area contributed by atoms with Crippen LogP contribution in [0.1, 0.15) is 27.3 Å². The Morgan fingerprint density at radius 2 is 1.93 bits per heavy atom. The quantitative estimate of drug-likeness (QED) is 0.630. The molecule has 0 aliphatic carbocycles. The third-order valence-corrected chi connectivity index (χ3v) is 4.46. The van der Waals surface area contributed by atoms with Gasteiger partial charge in [0.05, 0.1) is 28.6 Å². The van der Waals surface area contributed by atoms with E-state index < -0.39 is 17.8 Å². The number of carbonyl (C=O) groups excluding carboxylic acids is 1. The second kappa shape index (κ2) is 8.18. The second-order valence-electron chi connectivity index (χ2n) is 6.18. The Hall–Kier alpha value is -2.97. The van der Waals surface area contributed by atoms with E-state index in [0.717, 1.165) is 12.1 Å². The Balaban J connectivity index is 1.88. The fourth-order valence-corrected chi connectivity index (χ4v) is 2.89. The van der Waals surface area contributed by atoms with E-state index in [1.165, 1.54) is 13.1 Å². The van der Waals surface area contributed by atoms with Gasteiger partial charge in [-0.1, -0.05) is 11.6 Å². The maximum Gasteiger partial charge on any atom is 0.433 e. The van der Waals surface area contributed by atoms with E-state index in [4.69, 9.17) is 11.6 Å². The highest BCUT2D eigenvalue weighted by molar-refractivity contribution is 6.33. The van der Waals surface area contributed by atoms with Crippen LogP contribution in [0.25, 0.3) is 11.3 Å². The topological polar surface area (TPSA) is 75.1 Å². The Labute approximate surface area is 169 Å². The predicted molar refractivity (Wildman–Crippen MR) is 103 cm³/mol. The Bertz CT molecular complexity index is 1070. The predicted octanol–water partition coefficient (Wildman–Crippen LogP) is 4.87.